The van der Waals surface area contributed by atoms with Crippen molar-refractivity contribution in [3.05, 3.63) is 124 Å². The first-order valence-corrected chi connectivity index (χ1v) is 13.0. The lowest BCUT2D eigenvalue weighted by atomic mass is 9.96. The van der Waals surface area contributed by atoms with Gasteiger partial charge >= 0.3 is 6.18 Å². The summed E-state index contributed by atoms with van der Waals surface area (Å²) in [6.45, 7) is 1.74. The van der Waals surface area contributed by atoms with Crippen molar-refractivity contribution in [3.8, 4) is 0 Å². The van der Waals surface area contributed by atoms with E-state index in [9.17, 15) is 21.6 Å². The Balaban J connectivity index is 1.98. The van der Waals surface area contributed by atoms with Crippen LogP contribution in [0.5, 0.6) is 0 Å². The standard InChI is InChI=1S/C27H24F3N3O2S/c1-19-10-11-22(27(28,29)30)16-25(19)33(23-8-3-9-24(13-12-23)36(2,34)35)26(20-6-4-14-31-17-20)21-7-5-15-32-18-21/h4-18,26H,3H2,1-2H3. The second-order valence-electron chi connectivity index (χ2n) is 8.42. The van der Waals surface area contributed by atoms with Gasteiger partial charge in [-0.15, -0.1) is 0 Å². The molecule has 0 unspecified atom stereocenters. The molecule has 0 bridgehead atoms. The van der Waals surface area contributed by atoms with E-state index in [1.807, 2.05) is 12.1 Å². The van der Waals surface area contributed by atoms with Crippen LogP contribution in [0.2, 0.25) is 0 Å². The molecule has 36 heavy (non-hydrogen) atoms. The maximum atomic E-state index is 13.8. The number of benzene rings is 1. The van der Waals surface area contributed by atoms with Crippen LogP contribution in [-0.2, 0) is 16.0 Å². The number of pyridine rings is 2. The highest BCUT2D eigenvalue weighted by atomic mass is 32.2. The van der Waals surface area contributed by atoms with Crippen molar-refractivity contribution in [2.75, 3.05) is 11.2 Å². The molecule has 0 N–H and O–H groups in total. The first kappa shape index (κ1) is 25.4. The largest absolute Gasteiger partial charge is 0.416 e. The molecule has 0 saturated carbocycles. The molecule has 1 aliphatic carbocycles. The minimum Gasteiger partial charge on any atom is -0.330 e. The molecule has 5 nitrogen and oxygen atoms in total. The van der Waals surface area contributed by atoms with Crippen LogP contribution in [0.1, 0.15) is 34.7 Å². The molecule has 0 fully saturated rings. The number of halogens is 3. The molecular weight excluding hydrogens is 487 g/mol. The van der Waals surface area contributed by atoms with Gasteiger partial charge in [-0.25, -0.2) is 8.42 Å². The summed E-state index contributed by atoms with van der Waals surface area (Å²) in [5.74, 6) is 0. The van der Waals surface area contributed by atoms with Crippen molar-refractivity contribution in [3.63, 3.8) is 0 Å². The van der Waals surface area contributed by atoms with E-state index in [-0.39, 0.29) is 11.3 Å². The summed E-state index contributed by atoms with van der Waals surface area (Å²) in [6.07, 6.45) is 9.92. The third-order valence-corrected chi connectivity index (χ3v) is 6.98. The molecule has 0 aliphatic heterocycles. The number of nitrogens with zero attached hydrogens (tertiary/aromatic N) is 3. The summed E-state index contributed by atoms with van der Waals surface area (Å²) < 4.78 is 65.6. The van der Waals surface area contributed by atoms with Gasteiger partial charge in [-0.2, -0.15) is 13.2 Å². The number of hydrogen-bond acceptors (Lipinski definition) is 5. The van der Waals surface area contributed by atoms with E-state index in [1.165, 1.54) is 12.1 Å². The van der Waals surface area contributed by atoms with E-state index in [4.69, 9.17) is 0 Å². The Hall–Kier alpha value is -3.72. The van der Waals surface area contributed by atoms with Gasteiger partial charge in [-0.05, 0) is 66.5 Å². The lowest BCUT2D eigenvalue weighted by Gasteiger charge is -2.36. The van der Waals surface area contributed by atoms with Crippen LogP contribution in [0.25, 0.3) is 0 Å². The zero-order valence-corrected chi connectivity index (χ0v) is 20.5. The van der Waals surface area contributed by atoms with Crippen molar-refractivity contribution in [2.45, 2.75) is 25.6 Å². The molecule has 4 rings (SSSR count). The quantitative estimate of drug-likeness (QED) is 0.396. The average Bonchev–Trinajstić information content (AvgIpc) is 3.10. The molecule has 0 radical (unpaired) electrons. The fourth-order valence-electron chi connectivity index (χ4n) is 4.09. The van der Waals surface area contributed by atoms with Crippen LogP contribution >= 0.6 is 0 Å². The summed E-state index contributed by atoms with van der Waals surface area (Å²) in [5, 5.41) is 0. The molecule has 2 heterocycles. The zero-order chi connectivity index (χ0) is 25.9. The summed E-state index contributed by atoms with van der Waals surface area (Å²) in [6, 6.07) is 10.2. The van der Waals surface area contributed by atoms with Crippen molar-refractivity contribution in [1.29, 1.82) is 0 Å². The molecule has 2 aromatic heterocycles. The van der Waals surface area contributed by atoms with Gasteiger partial charge in [0.15, 0.2) is 9.84 Å². The summed E-state index contributed by atoms with van der Waals surface area (Å²) in [5.41, 5.74) is 2.19. The van der Waals surface area contributed by atoms with Gasteiger partial charge in [0.2, 0.25) is 0 Å². The van der Waals surface area contributed by atoms with Crippen molar-refractivity contribution in [1.82, 2.24) is 9.97 Å². The lowest BCUT2D eigenvalue weighted by molar-refractivity contribution is -0.137. The normalized spacial score (nSPS) is 14.3. The fourth-order valence-corrected chi connectivity index (χ4v) is 4.81. The van der Waals surface area contributed by atoms with Crippen LogP contribution in [0.3, 0.4) is 0 Å². The second-order valence-corrected chi connectivity index (χ2v) is 10.4. The first-order chi connectivity index (χ1) is 17.1. The van der Waals surface area contributed by atoms with Gasteiger partial charge < -0.3 is 4.90 Å². The smallest absolute Gasteiger partial charge is 0.330 e. The lowest BCUT2D eigenvalue weighted by Crippen LogP contribution is -2.29. The van der Waals surface area contributed by atoms with Crippen LogP contribution in [0.4, 0.5) is 18.9 Å². The molecule has 9 heteroatoms. The zero-order valence-electron chi connectivity index (χ0n) is 19.6. The molecular formula is C27H24F3N3O2S. The minimum atomic E-state index is -4.54. The van der Waals surface area contributed by atoms with Crippen LogP contribution in [-0.4, -0.2) is 24.6 Å². The second kappa shape index (κ2) is 10.1. The minimum absolute atomic E-state index is 0.147. The van der Waals surface area contributed by atoms with Crippen molar-refractivity contribution < 1.29 is 21.6 Å². The number of rotatable bonds is 6. The molecule has 1 aromatic carbocycles. The average molecular weight is 512 g/mol. The molecule has 0 amide bonds. The predicted octanol–water partition coefficient (Wildman–Crippen LogP) is 6.17. The fraction of sp³-hybridized carbons (Fsp3) is 0.185. The number of anilines is 1. The topological polar surface area (TPSA) is 63.2 Å². The number of hydrogen-bond donors (Lipinski definition) is 0. The van der Waals surface area contributed by atoms with Crippen molar-refractivity contribution in [2.24, 2.45) is 0 Å². The molecule has 0 atom stereocenters. The summed E-state index contributed by atoms with van der Waals surface area (Å²) >= 11 is 0. The van der Waals surface area contributed by atoms with E-state index in [2.05, 4.69) is 9.97 Å². The van der Waals surface area contributed by atoms with Crippen LogP contribution in [0.15, 0.2) is 102 Å². The highest BCUT2D eigenvalue weighted by Crippen LogP contribution is 2.41. The predicted molar refractivity (Wildman–Crippen MR) is 134 cm³/mol. The van der Waals surface area contributed by atoms with E-state index in [1.54, 1.807) is 67.0 Å². The SMILES string of the molecule is Cc1ccc(C(F)(F)F)cc1N(C1=CCC=C(S(C)(=O)=O)C=C1)C(c1cccnc1)c1cccnc1. The van der Waals surface area contributed by atoms with Gasteiger partial charge in [0.1, 0.15) is 0 Å². The van der Waals surface area contributed by atoms with Gasteiger partial charge in [0, 0.05) is 42.4 Å². The molecule has 0 saturated heterocycles. The monoisotopic (exact) mass is 511 g/mol. The number of aromatic nitrogens is 2. The van der Waals surface area contributed by atoms with E-state index in [0.29, 0.717) is 16.9 Å². The third kappa shape index (κ3) is 5.57. The Labute approximate surface area is 208 Å². The summed E-state index contributed by atoms with van der Waals surface area (Å²) in [7, 11) is -3.47. The van der Waals surface area contributed by atoms with Crippen LogP contribution < -0.4 is 4.90 Å². The Morgan fingerprint density at radius 2 is 1.58 bits per heavy atom. The van der Waals surface area contributed by atoms with Gasteiger partial charge in [0.05, 0.1) is 16.5 Å². The third-order valence-electron chi connectivity index (χ3n) is 5.83. The molecule has 3 aromatic rings. The van der Waals surface area contributed by atoms with Gasteiger partial charge in [-0.1, -0.05) is 30.4 Å². The van der Waals surface area contributed by atoms with Crippen molar-refractivity contribution >= 4 is 15.5 Å². The Morgan fingerprint density at radius 3 is 2.11 bits per heavy atom. The molecule has 186 valence electrons. The summed E-state index contributed by atoms with van der Waals surface area (Å²) in [4.78, 5) is 10.4. The van der Waals surface area contributed by atoms with Gasteiger partial charge in [-0.3, -0.25) is 9.97 Å². The Morgan fingerprint density at radius 1 is 0.944 bits per heavy atom. The number of aryl methyl sites for hydroxylation is 1. The Bertz CT molecular complexity index is 1390. The maximum absolute atomic E-state index is 13.8. The van der Waals surface area contributed by atoms with E-state index < -0.39 is 27.6 Å². The first-order valence-electron chi connectivity index (χ1n) is 11.1. The highest BCUT2D eigenvalue weighted by Gasteiger charge is 2.33. The van der Waals surface area contributed by atoms with Gasteiger partial charge in [0.25, 0.3) is 0 Å². The highest BCUT2D eigenvalue weighted by molar-refractivity contribution is 7.94. The maximum Gasteiger partial charge on any atom is 0.416 e. The number of alkyl halides is 3. The number of allylic oxidation sites excluding steroid dienone is 4. The molecule has 0 spiro atoms. The van der Waals surface area contributed by atoms with E-state index >= 15 is 0 Å². The number of sulfone groups is 1. The Kier molecular flexibility index (Phi) is 7.12. The van der Waals surface area contributed by atoms with E-state index in [0.717, 1.165) is 29.5 Å². The van der Waals surface area contributed by atoms with Crippen LogP contribution in [0, 0.1) is 6.92 Å². The molecule has 1 aliphatic rings.